The van der Waals surface area contributed by atoms with Crippen LogP contribution in [0.2, 0.25) is 0 Å². The van der Waals surface area contributed by atoms with Crippen LogP contribution in [0.5, 0.6) is 0 Å². The van der Waals surface area contributed by atoms with E-state index < -0.39 is 6.04 Å². The number of carbonyl (C=O) groups excluding carboxylic acids is 2. The third-order valence-corrected chi connectivity index (χ3v) is 4.44. The Balaban J connectivity index is 1.88. The number of hydrogen-bond donors (Lipinski definition) is 1. The molecule has 1 saturated heterocycles. The van der Waals surface area contributed by atoms with Crippen molar-refractivity contribution in [3.05, 3.63) is 0 Å². The van der Waals surface area contributed by atoms with Crippen molar-refractivity contribution in [2.24, 2.45) is 0 Å². The van der Waals surface area contributed by atoms with E-state index in [-0.39, 0.29) is 11.9 Å². The van der Waals surface area contributed by atoms with Crippen LogP contribution in [0.1, 0.15) is 58.3 Å². The fourth-order valence-corrected chi connectivity index (χ4v) is 3.01. The second-order valence-electron chi connectivity index (χ2n) is 5.25. The largest absolute Gasteiger partial charge is 0.464 e. The third-order valence-electron chi connectivity index (χ3n) is 3.40. The summed E-state index contributed by atoms with van der Waals surface area (Å²) in [6.07, 6.45) is 9.67. The lowest BCUT2D eigenvalue weighted by Gasteiger charge is -2.08. The molecule has 0 saturated carbocycles. The molecule has 1 fully saturated rings. The first-order chi connectivity index (χ1) is 9.74. The highest BCUT2D eigenvalue weighted by atomic mass is 32.2. The average molecular weight is 301 g/mol. The number of ether oxygens (including phenoxy) is 1. The first-order valence-corrected chi connectivity index (χ1v) is 8.93. The second kappa shape index (κ2) is 11.0. The number of amides is 1. The maximum Gasteiger partial charge on any atom is 0.328 e. The highest BCUT2D eigenvalue weighted by Crippen LogP contribution is 2.11. The number of hydrogen-bond acceptors (Lipinski definition) is 4. The molecule has 0 spiro atoms. The highest BCUT2D eigenvalue weighted by Gasteiger charge is 2.27. The van der Waals surface area contributed by atoms with Crippen molar-refractivity contribution in [1.29, 1.82) is 0 Å². The van der Waals surface area contributed by atoms with Crippen LogP contribution in [0.3, 0.4) is 0 Å². The lowest BCUT2D eigenvalue weighted by molar-refractivity contribution is -0.141. The summed E-state index contributed by atoms with van der Waals surface area (Å²) >= 11 is 1.65. The van der Waals surface area contributed by atoms with E-state index in [1.807, 2.05) is 0 Å². The third kappa shape index (κ3) is 7.78. The molecule has 1 aliphatic heterocycles. The van der Waals surface area contributed by atoms with E-state index in [9.17, 15) is 9.59 Å². The summed E-state index contributed by atoms with van der Waals surface area (Å²) in [5.41, 5.74) is 0. The summed E-state index contributed by atoms with van der Waals surface area (Å²) in [5.74, 6) is 1.12. The molecule has 1 unspecified atom stereocenters. The molecule has 1 N–H and O–H groups in total. The van der Waals surface area contributed by atoms with Gasteiger partial charge in [-0.2, -0.15) is 11.8 Å². The minimum Gasteiger partial charge on any atom is -0.464 e. The fraction of sp³-hybridized carbons (Fsp3) is 0.867. The first-order valence-electron chi connectivity index (χ1n) is 7.77. The van der Waals surface area contributed by atoms with Gasteiger partial charge in [0, 0.05) is 6.42 Å². The van der Waals surface area contributed by atoms with Gasteiger partial charge >= 0.3 is 5.97 Å². The number of thioether (sulfide) groups is 1. The number of esters is 1. The topological polar surface area (TPSA) is 55.4 Å². The molecule has 116 valence electrons. The van der Waals surface area contributed by atoms with Crippen molar-refractivity contribution in [3.8, 4) is 0 Å². The van der Waals surface area contributed by atoms with Gasteiger partial charge in [0.2, 0.25) is 5.91 Å². The molecule has 0 bridgehead atoms. The van der Waals surface area contributed by atoms with Crippen molar-refractivity contribution in [3.63, 3.8) is 0 Å². The molecule has 1 amide bonds. The van der Waals surface area contributed by atoms with Gasteiger partial charge in [0.25, 0.3) is 0 Å². The molecule has 0 aromatic heterocycles. The summed E-state index contributed by atoms with van der Waals surface area (Å²) in [6.45, 7) is 2.65. The molecule has 4 nitrogen and oxygen atoms in total. The Hall–Kier alpha value is -0.710. The number of nitrogens with one attached hydrogen (secondary N) is 1. The lowest BCUT2D eigenvalue weighted by Crippen LogP contribution is -2.38. The van der Waals surface area contributed by atoms with Crippen LogP contribution in [0.25, 0.3) is 0 Å². The van der Waals surface area contributed by atoms with Crippen molar-refractivity contribution < 1.29 is 14.3 Å². The Morgan fingerprint density at radius 2 is 1.95 bits per heavy atom. The van der Waals surface area contributed by atoms with Gasteiger partial charge in [-0.05, 0) is 12.2 Å². The Labute approximate surface area is 126 Å². The molecule has 5 heteroatoms. The maximum absolute atomic E-state index is 11.6. The first kappa shape index (κ1) is 17.3. The molecule has 0 aromatic carbocycles. The molecular formula is C15H27NO3S. The Bertz CT molecular complexity index is 297. The quantitative estimate of drug-likeness (QED) is 0.471. The minimum absolute atomic E-state index is 0.0539. The highest BCUT2D eigenvalue weighted by molar-refractivity contribution is 7.99. The summed E-state index contributed by atoms with van der Waals surface area (Å²) in [4.78, 5) is 22.8. The van der Waals surface area contributed by atoms with Gasteiger partial charge in [-0.1, -0.05) is 45.4 Å². The number of rotatable bonds is 11. The predicted molar refractivity (Wildman–Crippen MR) is 82.8 cm³/mol. The van der Waals surface area contributed by atoms with E-state index in [0.717, 1.165) is 5.75 Å². The molecule has 1 rings (SSSR count). The van der Waals surface area contributed by atoms with Crippen molar-refractivity contribution in [1.82, 2.24) is 5.32 Å². The standard InChI is InChI=1S/C15H27NO3S/c1-2-3-4-5-6-7-8-11-20-12-14(17)16-13-9-10-19-15(13)18/h13H,2-12H2,1H3,(H,16,17). The SMILES string of the molecule is CCCCCCCCCSCC(=O)NC1CCOC1=O. The van der Waals surface area contributed by atoms with Crippen LogP contribution >= 0.6 is 11.8 Å². The zero-order valence-electron chi connectivity index (χ0n) is 12.5. The van der Waals surface area contributed by atoms with Crippen LogP contribution in [-0.4, -0.2) is 36.0 Å². The molecule has 20 heavy (non-hydrogen) atoms. The Morgan fingerprint density at radius 1 is 1.25 bits per heavy atom. The summed E-state index contributed by atoms with van der Waals surface area (Å²) in [5, 5.41) is 2.72. The zero-order valence-corrected chi connectivity index (χ0v) is 13.3. The van der Waals surface area contributed by atoms with Gasteiger partial charge in [0.1, 0.15) is 6.04 Å². The predicted octanol–water partition coefficient (Wildman–Crippen LogP) is 2.90. The maximum atomic E-state index is 11.6. The van der Waals surface area contributed by atoms with Gasteiger partial charge in [0.15, 0.2) is 0 Å². The van der Waals surface area contributed by atoms with Crippen LogP contribution in [0, 0.1) is 0 Å². The molecule has 0 aliphatic carbocycles. The van der Waals surface area contributed by atoms with Gasteiger partial charge in [-0.25, -0.2) is 4.79 Å². The van der Waals surface area contributed by atoms with Gasteiger partial charge in [0.05, 0.1) is 12.4 Å². The smallest absolute Gasteiger partial charge is 0.328 e. The molecule has 1 heterocycles. The van der Waals surface area contributed by atoms with Gasteiger partial charge in [-0.15, -0.1) is 0 Å². The number of unbranched alkanes of at least 4 members (excludes halogenated alkanes) is 6. The Morgan fingerprint density at radius 3 is 2.60 bits per heavy atom. The summed E-state index contributed by atoms with van der Waals surface area (Å²) in [7, 11) is 0. The zero-order chi connectivity index (χ0) is 14.6. The van der Waals surface area contributed by atoms with E-state index in [2.05, 4.69) is 12.2 Å². The van der Waals surface area contributed by atoms with Crippen molar-refractivity contribution >= 4 is 23.6 Å². The van der Waals surface area contributed by atoms with Crippen LogP contribution in [0.4, 0.5) is 0 Å². The van der Waals surface area contributed by atoms with Crippen LogP contribution < -0.4 is 5.32 Å². The Kier molecular flexibility index (Phi) is 9.54. The normalized spacial score (nSPS) is 18.1. The van der Waals surface area contributed by atoms with Crippen LogP contribution in [-0.2, 0) is 14.3 Å². The van der Waals surface area contributed by atoms with E-state index in [0.29, 0.717) is 18.8 Å². The van der Waals surface area contributed by atoms with E-state index >= 15 is 0 Å². The monoisotopic (exact) mass is 301 g/mol. The molecule has 1 aliphatic rings. The lowest BCUT2D eigenvalue weighted by atomic mass is 10.1. The van der Waals surface area contributed by atoms with E-state index in [1.54, 1.807) is 11.8 Å². The van der Waals surface area contributed by atoms with Crippen LogP contribution in [0.15, 0.2) is 0 Å². The molecule has 0 radical (unpaired) electrons. The molecule has 1 atom stereocenters. The van der Waals surface area contributed by atoms with E-state index in [4.69, 9.17) is 4.74 Å². The second-order valence-corrected chi connectivity index (χ2v) is 6.36. The van der Waals surface area contributed by atoms with Crippen molar-refractivity contribution in [2.45, 2.75) is 64.3 Å². The minimum atomic E-state index is -0.415. The summed E-state index contributed by atoms with van der Waals surface area (Å²) in [6, 6.07) is -0.415. The summed E-state index contributed by atoms with van der Waals surface area (Å²) < 4.78 is 4.80. The average Bonchev–Trinajstić information content (AvgIpc) is 2.82. The number of cyclic esters (lactones) is 1. The van der Waals surface area contributed by atoms with Gasteiger partial charge < -0.3 is 10.1 Å². The fourth-order valence-electron chi connectivity index (χ4n) is 2.19. The number of carbonyl (C=O) groups is 2. The molecule has 0 aromatic rings. The van der Waals surface area contributed by atoms with E-state index in [1.165, 1.54) is 44.9 Å². The van der Waals surface area contributed by atoms with Crippen molar-refractivity contribution in [2.75, 3.05) is 18.1 Å². The van der Waals surface area contributed by atoms with Gasteiger partial charge in [-0.3, -0.25) is 4.79 Å². The molecular weight excluding hydrogens is 274 g/mol.